The van der Waals surface area contributed by atoms with Crippen molar-refractivity contribution < 1.29 is 5.11 Å². The molecular weight excluding hydrogens is 246 g/mol. The molecule has 0 aromatic heterocycles. The van der Waals surface area contributed by atoms with Crippen molar-refractivity contribution >= 4 is 0 Å². The lowest BCUT2D eigenvalue weighted by Crippen LogP contribution is -2.40. The summed E-state index contributed by atoms with van der Waals surface area (Å²) >= 11 is 0. The Bertz CT molecular complexity index is 372. The first-order valence-electron chi connectivity index (χ1n) is 8.19. The van der Waals surface area contributed by atoms with Gasteiger partial charge in [-0.05, 0) is 30.9 Å². The maximum Gasteiger partial charge on any atom is 0.0827 e. The molecule has 2 nitrogen and oxygen atoms in total. The summed E-state index contributed by atoms with van der Waals surface area (Å²) in [6.07, 6.45) is 6.46. The van der Waals surface area contributed by atoms with Gasteiger partial charge in [0.2, 0.25) is 0 Å². The number of aliphatic hydroxyl groups is 1. The predicted octanol–water partition coefficient (Wildman–Crippen LogP) is 4.01. The Labute approximate surface area is 123 Å². The van der Waals surface area contributed by atoms with Gasteiger partial charge in [0.05, 0.1) is 6.10 Å². The first-order valence-corrected chi connectivity index (χ1v) is 8.19. The molecular formula is C18H29NO. The number of rotatable bonds is 6. The molecule has 0 spiro atoms. The van der Waals surface area contributed by atoms with Crippen LogP contribution in [0.15, 0.2) is 30.3 Å². The van der Waals surface area contributed by atoms with Crippen molar-refractivity contribution in [2.24, 2.45) is 5.92 Å². The van der Waals surface area contributed by atoms with Crippen LogP contribution in [-0.2, 0) is 0 Å². The lowest BCUT2D eigenvalue weighted by molar-refractivity contribution is 0.0667. The largest absolute Gasteiger partial charge is 0.388 e. The number of benzene rings is 1. The molecule has 2 unspecified atom stereocenters. The molecule has 112 valence electrons. The normalized spacial score (nSPS) is 20.0. The van der Waals surface area contributed by atoms with Crippen molar-refractivity contribution in [2.75, 3.05) is 13.1 Å². The van der Waals surface area contributed by atoms with Gasteiger partial charge in [-0.3, -0.25) is 0 Å². The highest BCUT2D eigenvalue weighted by Crippen LogP contribution is 2.27. The fraction of sp³-hybridized carbons (Fsp3) is 0.667. The Morgan fingerprint density at radius 1 is 1.15 bits per heavy atom. The van der Waals surface area contributed by atoms with Gasteiger partial charge in [0.15, 0.2) is 0 Å². The van der Waals surface area contributed by atoms with Crippen LogP contribution in [0.2, 0.25) is 0 Å². The van der Waals surface area contributed by atoms with Crippen LogP contribution in [0.4, 0.5) is 0 Å². The monoisotopic (exact) mass is 275 g/mol. The minimum atomic E-state index is -0.353. The molecule has 0 aliphatic heterocycles. The van der Waals surface area contributed by atoms with E-state index >= 15 is 0 Å². The van der Waals surface area contributed by atoms with E-state index < -0.39 is 0 Å². The van der Waals surface area contributed by atoms with Crippen molar-refractivity contribution in [2.45, 2.75) is 58.1 Å². The van der Waals surface area contributed by atoms with Gasteiger partial charge in [-0.1, -0.05) is 63.4 Å². The Kier molecular flexibility index (Phi) is 6.06. The minimum absolute atomic E-state index is 0.277. The van der Waals surface area contributed by atoms with Crippen molar-refractivity contribution in [1.29, 1.82) is 0 Å². The molecule has 20 heavy (non-hydrogen) atoms. The van der Waals surface area contributed by atoms with Crippen LogP contribution in [0.3, 0.4) is 0 Å². The molecule has 0 amide bonds. The van der Waals surface area contributed by atoms with E-state index in [1.165, 1.54) is 32.1 Å². The smallest absolute Gasteiger partial charge is 0.0827 e. The Morgan fingerprint density at radius 3 is 2.40 bits per heavy atom. The third kappa shape index (κ3) is 4.07. The van der Waals surface area contributed by atoms with Crippen LogP contribution in [0, 0.1) is 5.92 Å². The SMILES string of the molecule is CCN(CC(C)C(O)c1ccccc1)C1CCCCC1. The average Bonchev–Trinajstić information content (AvgIpc) is 2.53. The fourth-order valence-corrected chi connectivity index (χ4v) is 3.43. The molecule has 0 radical (unpaired) electrons. The quantitative estimate of drug-likeness (QED) is 0.848. The van der Waals surface area contributed by atoms with Crippen molar-refractivity contribution in [3.63, 3.8) is 0 Å². The van der Waals surface area contributed by atoms with Crippen molar-refractivity contribution in [1.82, 2.24) is 4.90 Å². The molecule has 0 saturated heterocycles. The van der Waals surface area contributed by atoms with Gasteiger partial charge < -0.3 is 10.0 Å². The van der Waals surface area contributed by atoms with Crippen molar-refractivity contribution in [3.05, 3.63) is 35.9 Å². The van der Waals surface area contributed by atoms with E-state index in [2.05, 4.69) is 18.7 Å². The van der Waals surface area contributed by atoms with E-state index in [0.29, 0.717) is 0 Å². The van der Waals surface area contributed by atoms with Gasteiger partial charge in [0.1, 0.15) is 0 Å². The summed E-state index contributed by atoms with van der Waals surface area (Å²) in [4.78, 5) is 2.58. The van der Waals surface area contributed by atoms with Crippen LogP contribution in [0.25, 0.3) is 0 Å². The van der Waals surface area contributed by atoms with Gasteiger partial charge in [-0.2, -0.15) is 0 Å². The second kappa shape index (κ2) is 7.80. The van der Waals surface area contributed by atoms with Gasteiger partial charge >= 0.3 is 0 Å². The van der Waals surface area contributed by atoms with Crippen LogP contribution in [0.5, 0.6) is 0 Å². The zero-order valence-corrected chi connectivity index (χ0v) is 13.0. The standard InChI is InChI=1S/C18H29NO/c1-3-19(17-12-8-5-9-13-17)14-15(2)18(20)16-10-6-4-7-11-16/h4,6-7,10-11,15,17-18,20H,3,5,8-9,12-14H2,1-2H3. The molecule has 2 heteroatoms. The number of nitrogens with zero attached hydrogens (tertiary/aromatic N) is 1. The molecule has 1 N–H and O–H groups in total. The summed E-state index contributed by atoms with van der Waals surface area (Å²) in [5.74, 6) is 0.277. The highest BCUT2D eigenvalue weighted by atomic mass is 16.3. The summed E-state index contributed by atoms with van der Waals surface area (Å²) in [5, 5.41) is 10.5. The second-order valence-electron chi connectivity index (χ2n) is 6.21. The Hall–Kier alpha value is -0.860. The zero-order chi connectivity index (χ0) is 14.4. The van der Waals surface area contributed by atoms with Gasteiger partial charge in [0.25, 0.3) is 0 Å². The molecule has 1 aromatic carbocycles. The van der Waals surface area contributed by atoms with Crippen molar-refractivity contribution in [3.8, 4) is 0 Å². The first-order chi connectivity index (χ1) is 9.72. The highest BCUT2D eigenvalue weighted by molar-refractivity contribution is 5.17. The third-order valence-electron chi connectivity index (χ3n) is 4.70. The summed E-state index contributed by atoms with van der Waals surface area (Å²) in [6.45, 7) is 6.51. The molecule has 0 heterocycles. The summed E-state index contributed by atoms with van der Waals surface area (Å²) in [7, 11) is 0. The first kappa shape index (κ1) is 15.5. The number of hydrogen-bond acceptors (Lipinski definition) is 2. The van der Waals surface area contributed by atoms with E-state index in [9.17, 15) is 5.11 Å². The third-order valence-corrected chi connectivity index (χ3v) is 4.70. The van der Waals surface area contributed by atoms with Crippen LogP contribution in [-0.4, -0.2) is 29.1 Å². The topological polar surface area (TPSA) is 23.5 Å². The van der Waals surface area contributed by atoms with E-state index in [0.717, 1.165) is 24.7 Å². The van der Waals surface area contributed by atoms with Crippen LogP contribution < -0.4 is 0 Å². The number of aliphatic hydroxyl groups excluding tert-OH is 1. The van der Waals surface area contributed by atoms with E-state index in [1.807, 2.05) is 30.3 Å². The highest BCUT2D eigenvalue weighted by Gasteiger charge is 2.24. The summed E-state index contributed by atoms with van der Waals surface area (Å²) in [6, 6.07) is 10.8. The van der Waals surface area contributed by atoms with Crippen LogP contribution >= 0.6 is 0 Å². The predicted molar refractivity (Wildman–Crippen MR) is 84.7 cm³/mol. The summed E-state index contributed by atoms with van der Waals surface area (Å²) < 4.78 is 0. The number of hydrogen-bond donors (Lipinski definition) is 1. The van der Waals surface area contributed by atoms with Gasteiger partial charge in [0, 0.05) is 12.6 Å². The van der Waals surface area contributed by atoms with E-state index in [-0.39, 0.29) is 12.0 Å². The molecule has 2 rings (SSSR count). The van der Waals surface area contributed by atoms with Gasteiger partial charge in [-0.25, -0.2) is 0 Å². The lowest BCUT2D eigenvalue weighted by Gasteiger charge is -2.36. The minimum Gasteiger partial charge on any atom is -0.388 e. The molecule has 1 aliphatic carbocycles. The Balaban J connectivity index is 1.92. The molecule has 1 aliphatic rings. The van der Waals surface area contributed by atoms with Gasteiger partial charge in [-0.15, -0.1) is 0 Å². The average molecular weight is 275 g/mol. The van der Waals surface area contributed by atoms with E-state index in [4.69, 9.17) is 0 Å². The summed E-state index contributed by atoms with van der Waals surface area (Å²) in [5.41, 5.74) is 1.04. The molecule has 1 saturated carbocycles. The molecule has 0 bridgehead atoms. The second-order valence-corrected chi connectivity index (χ2v) is 6.21. The fourth-order valence-electron chi connectivity index (χ4n) is 3.43. The van der Waals surface area contributed by atoms with E-state index in [1.54, 1.807) is 0 Å². The molecule has 2 atom stereocenters. The lowest BCUT2D eigenvalue weighted by atomic mass is 9.92. The van der Waals surface area contributed by atoms with Crippen LogP contribution in [0.1, 0.15) is 57.6 Å². The zero-order valence-electron chi connectivity index (χ0n) is 13.0. The molecule has 1 aromatic rings. The maximum atomic E-state index is 10.5. The maximum absolute atomic E-state index is 10.5. The Morgan fingerprint density at radius 2 is 1.80 bits per heavy atom. The molecule has 1 fully saturated rings.